The lowest BCUT2D eigenvalue weighted by Gasteiger charge is -2.40. The van der Waals surface area contributed by atoms with Crippen LogP contribution in [0.25, 0.3) is 22.5 Å². The van der Waals surface area contributed by atoms with E-state index in [4.69, 9.17) is 9.51 Å². The zero-order valence-corrected chi connectivity index (χ0v) is 25.2. The summed E-state index contributed by atoms with van der Waals surface area (Å²) >= 11 is 0. The summed E-state index contributed by atoms with van der Waals surface area (Å²) in [6, 6.07) is 15.9. The Balaban J connectivity index is 1.26. The van der Waals surface area contributed by atoms with Crippen LogP contribution in [0.4, 0.5) is 0 Å². The van der Waals surface area contributed by atoms with E-state index in [1.165, 1.54) is 25.7 Å². The monoisotopic (exact) mass is 582 g/mol. The number of benzene rings is 2. The number of fused-ring (bicyclic) bond motifs is 2. The van der Waals surface area contributed by atoms with Crippen molar-refractivity contribution in [2.24, 2.45) is 17.8 Å². The van der Waals surface area contributed by atoms with E-state index in [9.17, 15) is 14.7 Å². The number of nitrogens with one attached hydrogen (secondary N) is 1. The molecule has 226 valence electrons. The molecule has 6 rings (SSSR count). The van der Waals surface area contributed by atoms with Crippen LogP contribution in [0.3, 0.4) is 0 Å². The standard InChI is InChI=1S/C35H42N4O4/c1-3-4-12-31-30(34(41)39(22(2)36-31)21-32(40)27-18-24-8-7-9-25(17-24)19-27)20-23-13-15-26(16-14-23)28-10-5-6-11-29(28)33-37-35(42)43-38-33/h5-6,10-11,13-16,24-25,27,32,40H,3-4,7-9,12,17-21H2,1-2H3,(H,37,38,42). The van der Waals surface area contributed by atoms with Crippen LogP contribution in [-0.4, -0.2) is 30.9 Å². The Labute approximate surface area is 252 Å². The van der Waals surface area contributed by atoms with E-state index in [0.717, 1.165) is 77.5 Å². The molecular weight excluding hydrogens is 540 g/mol. The number of H-pyrrole nitrogens is 1. The largest absolute Gasteiger partial charge is 0.439 e. The SMILES string of the molecule is CCCCc1nc(C)n(CC(O)C2CC3CCCC(C3)C2)c(=O)c1Cc1ccc(-c2ccccc2-c2noc(=O)[nH]2)cc1. The number of hydrogen-bond acceptors (Lipinski definition) is 6. The van der Waals surface area contributed by atoms with E-state index in [1.54, 1.807) is 4.57 Å². The molecule has 4 aromatic rings. The van der Waals surface area contributed by atoms with Crippen LogP contribution >= 0.6 is 0 Å². The molecule has 2 aliphatic rings. The highest BCUT2D eigenvalue weighted by Gasteiger charge is 2.35. The average Bonchev–Trinajstić information content (AvgIpc) is 3.45. The molecule has 2 saturated carbocycles. The molecule has 3 atom stereocenters. The van der Waals surface area contributed by atoms with Crippen molar-refractivity contribution in [2.75, 3.05) is 0 Å². The van der Waals surface area contributed by atoms with Crippen LogP contribution in [0.5, 0.6) is 0 Å². The molecule has 2 fully saturated rings. The van der Waals surface area contributed by atoms with Gasteiger partial charge < -0.3 is 5.11 Å². The van der Waals surface area contributed by atoms with E-state index < -0.39 is 11.9 Å². The van der Waals surface area contributed by atoms with Gasteiger partial charge in [-0.2, -0.15) is 0 Å². The summed E-state index contributed by atoms with van der Waals surface area (Å²) in [5, 5.41) is 15.2. The van der Waals surface area contributed by atoms with Gasteiger partial charge in [0.05, 0.1) is 18.3 Å². The van der Waals surface area contributed by atoms with Gasteiger partial charge in [-0.3, -0.25) is 18.9 Å². The fourth-order valence-electron chi connectivity index (χ4n) is 7.43. The molecule has 0 radical (unpaired) electrons. The molecular formula is C35H42N4O4. The summed E-state index contributed by atoms with van der Waals surface area (Å²) in [5.74, 6) is 2.18. The van der Waals surface area contributed by atoms with Crippen molar-refractivity contribution in [2.45, 2.75) is 90.7 Å². The summed E-state index contributed by atoms with van der Waals surface area (Å²) < 4.78 is 6.45. The topological polar surface area (TPSA) is 114 Å². The highest BCUT2D eigenvalue weighted by molar-refractivity contribution is 5.80. The number of aliphatic hydroxyl groups excluding tert-OH is 1. The molecule has 3 unspecified atom stereocenters. The summed E-state index contributed by atoms with van der Waals surface area (Å²) in [4.78, 5) is 33.2. The van der Waals surface area contributed by atoms with Crippen molar-refractivity contribution in [3.8, 4) is 22.5 Å². The maximum Gasteiger partial charge on any atom is 0.439 e. The molecule has 2 aromatic carbocycles. The van der Waals surface area contributed by atoms with Gasteiger partial charge in [-0.05, 0) is 73.5 Å². The van der Waals surface area contributed by atoms with Crippen LogP contribution in [0, 0.1) is 24.7 Å². The van der Waals surface area contributed by atoms with Gasteiger partial charge in [-0.15, -0.1) is 0 Å². The molecule has 8 nitrogen and oxygen atoms in total. The average molecular weight is 583 g/mol. The Morgan fingerprint density at radius 3 is 2.42 bits per heavy atom. The predicted molar refractivity (Wildman–Crippen MR) is 167 cm³/mol. The van der Waals surface area contributed by atoms with Crippen LogP contribution in [0.15, 0.2) is 62.6 Å². The molecule has 2 heterocycles. The quantitative estimate of drug-likeness (QED) is 0.235. The molecule has 2 aliphatic carbocycles. The van der Waals surface area contributed by atoms with Crippen LogP contribution < -0.4 is 11.3 Å². The maximum atomic E-state index is 14.1. The van der Waals surface area contributed by atoms with Gasteiger partial charge >= 0.3 is 5.76 Å². The first-order valence-corrected chi connectivity index (χ1v) is 15.9. The van der Waals surface area contributed by atoms with Gasteiger partial charge in [0.25, 0.3) is 5.56 Å². The van der Waals surface area contributed by atoms with Gasteiger partial charge in [0.15, 0.2) is 5.82 Å². The van der Waals surface area contributed by atoms with Gasteiger partial charge in [0, 0.05) is 17.5 Å². The minimum Gasteiger partial charge on any atom is -0.391 e. The number of hydrogen-bond donors (Lipinski definition) is 2. The number of unbranched alkanes of at least 4 members (excludes halogenated alkanes) is 1. The van der Waals surface area contributed by atoms with Crippen molar-refractivity contribution >= 4 is 0 Å². The number of nitrogens with zero attached hydrogens (tertiary/aromatic N) is 3. The first kappa shape index (κ1) is 29.3. The van der Waals surface area contributed by atoms with Gasteiger partial charge in [0.1, 0.15) is 5.82 Å². The second-order valence-electron chi connectivity index (χ2n) is 12.7. The number of aromatic nitrogens is 4. The van der Waals surface area contributed by atoms with Crippen molar-refractivity contribution in [3.05, 3.63) is 92.1 Å². The minimum atomic E-state index is -0.592. The molecule has 8 heteroatoms. The van der Waals surface area contributed by atoms with Crippen LogP contribution in [-0.2, 0) is 19.4 Å². The number of aryl methyl sites for hydroxylation is 2. The second-order valence-corrected chi connectivity index (χ2v) is 12.7. The molecule has 0 spiro atoms. The fourth-order valence-corrected chi connectivity index (χ4v) is 7.43. The number of aliphatic hydroxyl groups is 1. The summed E-state index contributed by atoms with van der Waals surface area (Å²) in [5.41, 5.74) is 5.24. The third-order valence-corrected chi connectivity index (χ3v) is 9.65. The molecule has 2 bridgehead atoms. The van der Waals surface area contributed by atoms with Gasteiger partial charge in [-0.25, -0.2) is 9.78 Å². The minimum absolute atomic E-state index is 0.0296. The van der Waals surface area contributed by atoms with E-state index in [1.807, 2.05) is 55.5 Å². The molecule has 0 amide bonds. The van der Waals surface area contributed by atoms with Crippen molar-refractivity contribution in [3.63, 3.8) is 0 Å². The summed E-state index contributed by atoms with van der Waals surface area (Å²) in [7, 11) is 0. The van der Waals surface area contributed by atoms with Crippen molar-refractivity contribution in [1.82, 2.24) is 19.7 Å². The van der Waals surface area contributed by atoms with E-state index in [-0.39, 0.29) is 11.5 Å². The first-order valence-electron chi connectivity index (χ1n) is 15.9. The lowest BCUT2D eigenvalue weighted by molar-refractivity contribution is 0.0216. The Kier molecular flexibility index (Phi) is 8.75. The van der Waals surface area contributed by atoms with Crippen LogP contribution in [0.1, 0.15) is 80.9 Å². The molecule has 43 heavy (non-hydrogen) atoms. The molecule has 0 aliphatic heterocycles. The fraction of sp³-hybridized carbons (Fsp3) is 0.486. The van der Waals surface area contributed by atoms with Crippen molar-refractivity contribution in [1.29, 1.82) is 0 Å². The maximum absolute atomic E-state index is 14.1. The first-order chi connectivity index (χ1) is 20.9. The lowest BCUT2D eigenvalue weighted by Crippen LogP contribution is -2.39. The lowest BCUT2D eigenvalue weighted by atomic mass is 9.67. The number of rotatable bonds is 10. The van der Waals surface area contributed by atoms with Crippen LogP contribution in [0.2, 0.25) is 0 Å². The van der Waals surface area contributed by atoms with Gasteiger partial charge in [0.2, 0.25) is 0 Å². The summed E-state index contributed by atoms with van der Waals surface area (Å²) in [6.07, 6.45) is 10.0. The van der Waals surface area contributed by atoms with E-state index in [0.29, 0.717) is 24.6 Å². The third kappa shape index (κ3) is 6.44. The number of aromatic amines is 1. The Hall–Kier alpha value is -3.78. The normalized spacial score (nSPS) is 20.7. The zero-order chi connectivity index (χ0) is 29.9. The Morgan fingerprint density at radius 1 is 1.02 bits per heavy atom. The highest BCUT2D eigenvalue weighted by Crippen LogP contribution is 2.43. The highest BCUT2D eigenvalue weighted by atomic mass is 16.5. The molecule has 0 saturated heterocycles. The molecule has 2 aromatic heterocycles. The summed E-state index contributed by atoms with van der Waals surface area (Å²) in [6.45, 7) is 4.36. The Morgan fingerprint density at radius 2 is 1.74 bits per heavy atom. The zero-order valence-electron chi connectivity index (χ0n) is 25.2. The smallest absolute Gasteiger partial charge is 0.391 e. The third-order valence-electron chi connectivity index (χ3n) is 9.65. The predicted octanol–water partition coefficient (Wildman–Crippen LogP) is 6.07. The van der Waals surface area contributed by atoms with E-state index >= 15 is 0 Å². The van der Waals surface area contributed by atoms with Crippen molar-refractivity contribution < 1.29 is 9.63 Å². The molecule has 2 N–H and O–H groups in total. The van der Waals surface area contributed by atoms with Gasteiger partial charge in [-0.1, -0.05) is 86.3 Å². The van der Waals surface area contributed by atoms with E-state index in [2.05, 4.69) is 17.1 Å². The second kappa shape index (κ2) is 12.8. The Bertz CT molecular complexity index is 1660.